The molecule has 0 bridgehead atoms. The van der Waals surface area contributed by atoms with Crippen molar-refractivity contribution in [2.75, 3.05) is 6.61 Å². The largest absolute Gasteiger partial charge is 0.396 e. The molecule has 0 spiro atoms. The summed E-state index contributed by atoms with van der Waals surface area (Å²) in [6.07, 6.45) is 5.51. The fraction of sp³-hybridized carbons (Fsp3) is 0.625. The van der Waals surface area contributed by atoms with E-state index in [0.29, 0.717) is 6.54 Å². The van der Waals surface area contributed by atoms with Crippen LogP contribution in [-0.2, 0) is 13.1 Å². The standard InChI is InChI=1S/C8H15N3O/c9-5-8-6-10-11(7-8)3-1-2-4-12/h6-7,12H,1-5,9H2. The summed E-state index contributed by atoms with van der Waals surface area (Å²) in [6.45, 7) is 1.66. The van der Waals surface area contributed by atoms with Gasteiger partial charge in [-0.2, -0.15) is 5.10 Å². The first kappa shape index (κ1) is 9.22. The quantitative estimate of drug-likeness (QED) is 0.615. The Morgan fingerprint density at radius 3 is 2.92 bits per heavy atom. The smallest absolute Gasteiger partial charge is 0.0534 e. The van der Waals surface area contributed by atoms with Gasteiger partial charge in [-0.3, -0.25) is 4.68 Å². The van der Waals surface area contributed by atoms with Gasteiger partial charge in [0.1, 0.15) is 0 Å². The van der Waals surface area contributed by atoms with E-state index in [2.05, 4.69) is 5.10 Å². The second-order valence-corrected chi connectivity index (χ2v) is 2.75. The van der Waals surface area contributed by atoms with E-state index in [-0.39, 0.29) is 6.61 Å². The molecule has 0 amide bonds. The van der Waals surface area contributed by atoms with Crippen molar-refractivity contribution in [3.63, 3.8) is 0 Å². The van der Waals surface area contributed by atoms with E-state index in [1.54, 1.807) is 6.20 Å². The van der Waals surface area contributed by atoms with Gasteiger partial charge >= 0.3 is 0 Å². The number of rotatable bonds is 5. The van der Waals surface area contributed by atoms with Crippen LogP contribution in [0.2, 0.25) is 0 Å². The third kappa shape index (κ3) is 2.64. The first-order valence-corrected chi connectivity index (χ1v) is 4.19. The second kappa shape index (κ2) is 4.90. The predicted octanol–water partition coefficient (Wildman–Crippen LogP) is 0.114. The average Bonchev–Trinajstić information content (AvgIpc) is 2.53. The molecule has 0 aromatic carbocycles. The Kier molecular flexibility index (Phi) is 3.76. The van der Waals surface area contributed by atoms with Crippen LogP contribution in [0, 0.1) is 0 Å². The van der Waals surface area contributed by atoms with Gasteiger partial charge in [-0.25, -0.2) is 0 Å². The van der Waals surface area contributed by atoms with Crippen molar-refractivity contribution in [1.82, 2.24) is 9.78 Å². The Bertz CT molecular complexity index is 222. The molecular formula is C8H15N3O. The van der Waals surface area contributed by atoms with Gasteiger partial charge in [0, 0.05) is 31.5 Å². The maximum absolute atomic E-state index is 8.55. The first-order chi connectivity index (χ1) is 5.86. The van der Waals surface area contributed by atoms with E-state index in [1.807, 2.05) is 10.9 Å². The lowest BCUT2D eigenvalue weighted by molar-refractivity contribution is 0.280. The Morgan fingerprint density at radius 1 is 1.50 bits per heavy atom. The maximum atomic E-state index is 8.55. The summed E-state index contributed by atoms with van der Waals surface area (Å²) < 4.78 is 1.86. The van der Waals surface area contributed by atoms with Gasteiger partial charge in [-0.05, 0) is 12.8 Å². The number of hydrogen-bond donors (Lipinski definition) is 2. The van der Waals surface area contributed by atoms with Crippen molar-refractivity contribution in [3.8, 4) is 0 Å². The summed E-state index contributed by atoms with van der Waals surface area (Å²) in [5.41, 5.74) is 6.48. The second-order valence-electron chi connectivity index (χ2n) is 2.75. The van der Waals surface area contributed by atoms with E-state index in [0.717, 1.165) is 24.9 Å². The fourth-order valence-corrected chi connectivity index (χ4v) is 1.02. The normalized spacial score (nSPS) is 10.5. The molecule has 0 atom stereocenters. The van der Waals surface area contributed by atoms with Crippen molar-refractivity contribution in [2.24, 2.45) is 5.73 Å². The zero-order chi connectivity index (χ0) is 8.81. The average molecular weight is 169 g/mol. The summed E-state index contributed by atoms with van der Waals surface area (Å²) in [4.78, 5) is 0. The van der Waals surface area contributed by atoms with Gasteiger partial charge in [0.15, 0.2) is 0 Å². The molecule has 3 N–H and O–H groups in total. The molecule has 1 heterocycles. The van der Waals surface area contributed by atoms with Crippen molar-refractivity contribution in [3.05, 3.63) is 18.0 Å². The molecule has 1 rings (SSSR count). The lowest BCUT2D eigenvalue weighted by atomic mass is 10.3. The van der Waals surface area contributed by atoms with Crippen LogP contribution in [0.3, 0.4) is 0 Å². The Hall–Kier alpha value is -0.870. The third-order valence-electron chi connectivity index (χ3n) is 1.72. The van der Waals surface area contributed by atoms with Gasteiger partial charge in [-0.15, -0.1) is 0 Å². The van der Waals surface area contributed by atoms with E-state index in [1.165, 1.54) is 0 Å². The monoisotopic (exact) mass is 169 g/mol. The molecule has 0 aliphatic carbocycles. The number of unbranched alkanes of at least 4 members (excludes halogenated alkanes) is 1. The van der Waals surface area contributed by atoms with Crippen LogP contribution in [0.15, 0.2) is 12.4 Å². The molecule has 0 aliphatic heterocycles. The molecule has 4 heteroatoms. The van der Waals surface area contributed by atoms with Gasteiger partial charge in [-0.1, -0.05) is 0 Å². The molecule has 1 aromatic rings. The minimum atomic E-state index is 0.255. The molecule has 12 heavy (non-hydrogen) atoms. The van der Waals surface area contributed by atoms with Crippen LogP contribution in [0.4, 0.5) is 0 Å². The molecule has 4 nitrogen and oxygen atoms in total. The minimum Gasteiger partial charge on any atom is -0.396 e. The molecular weight excluding hydrogens is 154 g/mol. The number of nitrogens with zero attached hydrogens (tertiary/aromatic N) is 2. The molecule has 0 fully saturated rings. The van der Waals surface area contributed by atoms with Gasteiger partial charge < -0.3 is 10.8 Å². The van der Waals surface area contributed by atoms with E-state index < -0.39 is 0 Å². The lowest BCUT2D eigenvalue weighted by Crippen LogP contribution is -1.99. The van der Waals surface area contributed by atoms with Crippen LogP contribution in [0.5, 0.6) is 0 Å². The number of aryl methyl sites for hydroxylation is 1. The third-order valence-corrected chi connectivity index (χ3v) is 1.72. The highest BCUT2D eigenvalue weighted by atomic mass is 16.2. The highest BCUT2D eigenvalue weighted by Gasteiger charge is 1.95. The molecule has 0 saturated carbocycles. The summed E-state index contributed by atoms with van der Waals surface area (Å²) in [5, 5.41) is 12.7. The van der Waals surface area contributed by atoms with Gasteiger partial charge in [0.05, 0.1) is 6.20 Å². The Balaban J connectivity index is 2.31. The maximum Gasteiger partial charge on any atom is 0.0534 e. The zero-order valence-corrected chi connectivity index (χ0v) is 7.11. The summed E-state index contributed by atoms with van der Waals surface area (Å²) >= 11 is 0. The van der Waals surface area contributed by atoms with E-state index in [9.17, 15) is 0 Å². The summed E-state index contributed by atoms with van der Waals surface area (Å²) in [6, 6.07) is 0. The molecule has 0 saturated heterocycles. The van der Waals surface area contributed by atoms with Crippen LogP contribution in [-0.4, -0.2) is 21.5 Å². The summed E-state index contributed by atoms with van der Waals surface area (Å²) in [7, 11) is 0. The minimum absolute atomic E-state index is 0.255. The molecule has 68 valence electrons. The number of aromatic nitrogens is 2. The topological polar surface area (TPSA) is 64.1 Å². The lowest BCUT2D eigenvalue weighted by Gasteiger charge is -1.98. The number of hydrogen-bond acceptors (Lipinski definition) is 3. The van der Waals surface area contributed by atoms with Crippen molar-refractivity contribution >= 4 is 0 Å². The molecule has 0 unspecified atom stereocenters. The number of nitrogens with two attached hydrogens (primary N) is 1. The van der Waals surface area contributed by atoms with Crippen LogP contribution < -0.4 is 5.73 Å². The van der Waals surface area contributed by atoms with Crippen molar-refractivity contribution in [1.29, 1.82) is 0 Å². The summed E-state index contributed by atoms with van der Waals surface area (Å²) in [5.74, 6) is 0. The first-order valence-electron chi connectivity index (χ1n) is 4.19. The highest BCUT2D eigenvalue weighted by Crippen LogP contribution is 1.98. The number of aliphatic hydroxyl groups excluding tert-OH is 1. The zero-order valence-electron chi connectivity index (χ0n) is 7.11. The van der Waals surface area contributed by atoms with Gasteiger partial charge in [0.25, 0.3) is 0 Å². The molecule has 0 aliphatic rings. The highest BCUT2D eigenvalue weighted by molar-refractivity contribution is 5.02. The molecule has 0 radical (unpaired) electrons. The predicted molar refractivity (Wildman–Crippen MR) is 46.4 cm³/mol. The van der Waals surface area contributed by atoms with Crippen LogP contribution >= 0.6 is 0 Å². The van der Waals surface area contributed by atoms with Gasteiger partial charge in [0.2, 0.25) is 0 Å². The van der Waals surface area contributed by atoms with Crippen molar-refractivity contribution in [2.45, 2.75) is 25.9 Å². The van der Waals surface area contributed by atoms with Crippen LogP contribution in [0.1, 0.15) is 18.4 Å². The van der Waals surface area contributed by atoms with E-state index >= 15 is 0 Å². The van der Waals surface area contributed by atoms with Crippen molar-refractivity contribution < 1.29 is 5.11 Å². The Labute approximate surface area is 72.0 Å². The molecule has 1 aromatic heterocycles. The fourth-order valence-electron chi connectivity index (χ4n) is 1.02. The SMILES string of the molecule is NCc1cnn(CCCCO)c1. The van der Waals surface area contributed by atoms with E-state index in [4.69, 9.17) is 10.8 Å². The van der Waals surface area contributed by atoms with Crippen LogP contribution in [0.25, 0.3) is 0 Å². The number of aliphatic hydroxyl groups is 1. The Morgan fingerprint density at radius 2 is 2.33 bits per heavy atom.